The lowest BCUT2D eigenvalue weighted by Crippen LogP contribution is -2.28. The number of hydrogen-bond acceptors (Lipinski definition) is 4. The third kappa shape index (κ3) is 3.80. The molecular weight excluding hydrogens is 242 g/mol. The predicted molar refractivity (Wildman–Crippen MR) is 81.6 cm³/mol. The van der Waals surface area contributed by atoms with Crippen LogP contribution in [-0.2, 0) is 0 Å². The van der Waals surface area contributed by atoms with E-state index in [1.165, 1.54) is 25.7 Å². The molecule has 0 bridgehead atoms. The summed E-state index contributed by atoms with van der Waals surface area (Å²) in [6.45, 7) is 3.04. The van der Waals surface area contributed by atoms with Gasteiger partial charge in [-0.1, -0.05) is 6.42 Å². The Kier molecular flexibility index (Phi) is 5.17. The van der Waals surface area contributed by atoms with E-state index in [2.05, 4.69) is 34.9 Å². The van der Waals surface area contributed by atoms with Gasteiger partial charge in [0.15, 0.2) is 0 Å². The minimum atomic E-state index is 0.606. The number of nitrogens with zero attached hydrogens (tertiary/aromatic N) is 1. The van der Waals surface area contributed by atoms with Crippen molar-refractivity contribution in [2.45, 2.75) is 43.9 Å². The molecule has 18 heavy (non-hydrogen) atoms. The Bertz CT molecular complexity index is 370. The summed E-state index contributed by atoms with van der Waals surface area (Å²) in [6, 6.07) is 2.76. The van der Waals surface area contributed by atoms with E-state index in [0.29, 0.717) is 6.04 Å². The molecule has 2 rings (SSSR count). The monoisotopic (exact) mass is 265 g/mol. The van der Waals surface area contributed by atoms with Crippen LogP contribution in [0.3, 0.4) is 0 Å². The summed E-state index contributed by atoms with van der Waals surface area (Å²) in [7, 11) is 0. The molecule has 0 radical (unpaired) electrons. The van der Waals surface area contributed by atoms with E-state index in [1.54, 1.807) is 0 Å². The van der Waals surface area contributed by atoms with Crippen LogP contribution in [0, 0.1) is 0 Å². The maximum Gasteiger partial charge on any atom is 0.0549 e. The molecule has 0 saturated heterocycles. The lowest BCUT2D eigenvalue weighted by molar-refractivity contribution is 0.473. The maximum atomic E-state index is 4.28. The lowest BCUT2D eigenvalue weighted by Gasteiger charge is -2.29. The summed E-state index contributed by atoms with van der Waals surface area (Å²) >= 11 is 2.00. The molecule has 1 aromatic heterocycles. The number of thioether (sulfide) groups is 1. The van der Waals surface area contributed by atoms with Crippen LogP contribution in [0.15, 0.2) is 18.5 Å². The molecule has 4 heteroatoms. The van der Waals surface area contributed by atoms with E-state index in [0.717, 1.165) is 23.2 Å². The van der Waals surface area contributed by atoms with Crippen molar-refractivity contribution in [2.24, 2.45) is 0 Å². The fourth-order valence-corrected chi connectivity index (χ4v) is 3.37. The Labute approximate surface area is 114 Å². The van der Waals surface area contributed by atoms with Crippen molar-refractivity contribution in [3.8, 4) is 0 Å². The van der Waals surface area contributed by atoms with Gasteiger partial charge in [-0.05, 0) is 38.5 Å². The molecule has 1 aliphatic carbocycles. The van der Waals surface area contributed by atoms with Gasteiger partial charge in [-0.25, -0.2) is 0 Å². The van der Waals surface area contributed by atoms with Crippen molar-refractivity contribution in [3.63, 3.8) is 0 Å². The average molecular weight is 265 g/mol. The number of rotatable bonds is 5. The van der Waals surface area contributed by atoms with Crippen molar-refractivity contribution < 1.29 is 0 Å². The smallest absolute Gasteiger partial charge is 0.0549 e. The summed E-state index contributed by atoms with van der Waals surface area (Å²) in [5.41, 5.74) is 2.24. The minimum absolute atomic E-state index is 0.606. The second kappa shape index (κ2) is 6.88. The summed E-state index contributed by atoms with van der Waals surface area (Å²) in [5, 5.41) is 7.75. The number of nitrogens with one attached hydrogen (secondary N) is 2. The fourth-order valence-electron chi connectivity index (χ4n) is 2.55. The summed E-state index contributed by atoms with van der Waals surface area (Å²) in [4.78, 5) is 4.28. The Balaban J connectivity index is 1.93. The summed E-state index contributed by atoms with van der Waals surface area (Å²) in [6.07, 6.45) is 11.3. The van der Waals surface area contributed by atoms with E-state index in [-0.39, 0.29) is 0 Å². The van der Waals surface area contributed by atoms with Crippen LogP contribution in [0.25, 0.3) is 0 Å². The number of hydrogen-bond donors (Lipinski definition) is 2. The van der Waals surface area contributed by atoms with E-state index in [9.17, 15) is 0 Å². The van der Waals surface area contributed by atoms with E-state index >= 15 is 0 Å². The standard InChI is InChI=1S/C14H23N3S/c1-3-16-12-7-13(10-15-9-12)17-11-5-4-6-14(8-11)18-2/h7,9-11,14,16-17H,3-6,8H2,1-2H3. The van der Waals surface area contributed by atoms with Crippen molar-refractivity contribution >= 4 is 23.1 Å². The highest BCUT2D eigenvalue weighted by Gasteiger charge is 2.21. The first-order valence-corrected chi connectivity index (χ1v) is 8.09. The van der Waals surface area contributed by atoms with E-state index in [1.807, 2.05) is 24.2 Å². The van der Waals surface area contributed by atoms with Crippen molar-refractivity contribution in [2.75, 3.05) is 23.4 Å². The Morgan fingerprint density at radius 3 is 2.94 bits per heavy atom. The van der Waals surface area contributed by atoms with E-state index in [4.69, 9.17) is 0 Å². The van der Waals surface area contributed by atoms with Gasteiger partial charge in [-0.2, -0.15) is 11.8 Å². The fraction of sp³-hybridized carbons (Fsp3) is 0.643. The van der Waals surface area contributed by atoms with Crippen molar-refractivity contribution in [3.05, 3.63) is 18.5 Å². The number of anilines is 2. The maximum absolute atomic E-state index is 4.28. The van der Waals surface area contributed by atoms with Gasteiger partial charge in [0, 0.05) is 17.8 Å². The molecule has 2 N–H and O–H groups in total. The summed E-state index contributed by atoms with van der Waals surface area (Å²) in [5.74, 6) is 0. The Morgan fingerprint density at radius 2 is 2.17 bits per heavy atom. The van der Waals surface area contributed by atoms with Crippen molar-refractivity contribution in [1.29, 1.82) is 0 Å². The molecule has 0 aromatic carbocycles. The molecule has 3 nitrogen and oxygen atoms in total. The zero-order valence-electron chi connectivity index (χ0n) is 11.3. The quantitative estimate of drug-likeness (QED) is 0.853. The van der Waals surface area contributed by atoms with Crippen LogP contribution >= 0.6 is 11.8 Å². The highest BCUT2D eigenvalue weighted by atomic mass is 32.2. The molecule has 2 atom stereocenters. The van der Waals surface area contributed by atoms with Gasteiger partial charge < -0.3 is 10.6 Å². The third-order valence-corrected chi connectivity index (χ3v) is 4.54. The molecule has 100 valence electrons. The topological polar surface area (TPSA) is 37.0 Å². The zero-order chi connectivity index (χ0) is 12.8. The molecule has 0 spiro atoms. The van der Waals surface area contributed by atoms with Gasteiger partial charge in [0.05, 0.1) is 23.8 Å². The lowest BCUT2D eigenvalue weighted by atomic mass is 9.95. The highest BCUT2D eigenvalue weighted by Crippen LogP contribution is 2.29. The first kappa shape index (κ1) is 13.5. The Morgan fingerprint density at radius 1 is 1.33 bits per heavy atom. The van der Waals surface area contributed by atoms with Crippen LogP contribution in [0.5, 0.6) is 0 Å². The normalized spacial score (nSPS) is 23.7. The van der Waals surface area contributed by atoms with Crippen molar-refractivity contribution in [1.82, 2.24) is 4.98 Å². The van der Waals surface area contributed by atoms with Gasteiger partial charge >= 0.3 is 0 Å². The summed E-state index contributed by atoms with van der Waals surface area (Å²) < 4.78 is 0. The molecule has 0 aliphatic heterocycles. The van der Waals surface area contributed by atoms with Gasteiger partial charge in [0.2, 0.25) is 0 Å². The highest BCUT2D eigenvalue weighted by molar-refractivity contribution is 7.99. The molecule has 2 unspecified atom stereocenters. The molecule has 1 fully saturated rings. The minimum Gasteiger partial charge on any atom is -0.384 e. The van der Waals surface area contributed by atoms with Gasteiger partial charge in [-0.15, -0.1) is 0 Å². The predicted octanol–water partition coefficient (Wildman–Crippen LogP) is 3.60. The van der Waals surface area contributed by atoms with Gasteiger partial charge in [0.1, 0.15) is 0 Å². The van der Waals surface area contributed by atoms with Crippen LogP contribution < -0.4 is 10.6 Å². The van der Waals surface area contributed by atoms with Gasteiger partial charge in [-0.3, -0.25) is 4.98 Å². The van der Waals surface area contributed by atoms with Gasteiger partial charge in [0.25, 0.3) is 0 Å². The molecule has 0 amide bonds. The van der Waals surface area contributed by atoms with Crippen LogP contribution in [-0.4, -0.2) is 29.1 Å². The van der Waals surface area contributed by atoms with Crippen LogP contribution in [0.2, 0.25) is 0 Å². The SMILES string of the molecule is CCNc1cncc(NC2CCCC(SC)C2)c1. The zero-order valence-corrected chi connectivity index (χ0v) is 12.1. The van der Waals surface area contributed by atoms with E-state index < -0.39 is 0 Å². The molecule has 1 heterocycles. The second-order valence-electron chi connectivity index (χ2n) is 4.86. The molecular formula is C14H23N3S. The largest absolute Gasteiger partial charge is 0.384 e. The third-order valence-electron chi connectivity index (χ3n) is 3.45. The van der Waals surface area contributed by atoms with Crippen LogP contribution in [0.1, 0.15) is 32.6 Å². The first-order chi connectivity index (χ1) is 8.81. The first-order valence-electron chi connectivity index (χ1n) is 6.80. The average Bonchev–Trinajstić information content (AvgIpc) is 2.40. The number of pyridine rings is 1. The molecule has 1 saturated carbocycles. The van der Waals surface area contributed by atoms with Crippen LogP contribution in [0.4, 0.5) is 11.4 Å². The number of aromatic nitrogens is 1. The molecule has 1 aromatic rings. The Hall–Kier alpha value is -0.900. The molecule has 1 aliphatic rings. The second-order valence-corrected chi connectivity index (χ2v) is 6.00.